The molecule has 0 aromatic heterocycles. The van der Waals surface area contributed by atoms with Crippen molar-refractivity contribution in [2.75, 3.05) is 13.1 Å². The normalized spacial score (nSPS) is 19.8. The van der Waals surface area contributed by atoms with Gasteiger partial charge in [-0.1, -0.05) is 6.07 Å². The van der Waals surface area contributed by atoms with E-state index in [1.54, 1.807) is 4.90 Å². The van der Waals surface area contributed by atoms with Crippen LogP contribution in [-0.4, -0.2) is 23.9 Å². The Bertz CT molecular complexity index is 467. The summed E-state index contributed by atoms with van der Waals surface area (Å²) >= 11 is 2.20. The van der Waals surface area contributed by atoms with Crippen LogP contribution in [-0.2, 0) is 0 Å². The SMILES string of the molecule is N#CC1CCCN(C(=O)c2cccc(I)c2)C1. The largest absolute Gasteiger partial charge is 0.337 e. The summed E-state index contributed by atoms with van der Waals surface area (Å²) in [6.45, 7) is 1.34. The molecular weight excluding hydrogens is 327 g/mol. The van der Waals surface area contributed by atoms with Gasteiger partial charge in [0.15, 0.2) is 0 Å². The molecule has 0 bridgehead atoms. The molecule has 0 radical (unpaired) electrons. The van der Waals surface area contributed by atoms with Gasteiger partial charge < -0.3 is 4.90 Å². The standard InChI is InChI=1S/C13H13IN2O/c14-12-5-1-4-11(7-12)13(17)16-6-2-3-10(8-15)9-16/h1,4-5,7,10H,2-3,6,9H2. The number of hydrogen-bond acceptors (Lipinski definition) is 2. The van der Waals surface area contributed by atoms with Crippen molar-refractivity contribution in [3.05, 3.63) is 33.4 Å². The highest BCUT2D eigenvalue weighted by molar-refractivity contribution is 14.1. The minimum atomic E-state index is -0.00418. The molecule has 1 heterocycles. The van der Waals surface area contributed by atoms with Crippen LogP contribution < -0.4 is 0 Å². The first-order valence-corrected chi connectivity index (χ1v) is 6.73. The van der Waals surface area contributed by atoms with Crippen molar-refractivity contribution < 1.29 is 4.79 Å². The second kappa shape index (κ2) is 5.50. The first-order chi connectivity index (χ1) is 8.20. The van der Waals surface area contributed by atoms with Gasteiger partial charge in [-0.15, -0.1) is 0 Å². The molecule has 1 aromatic rings. The highest BCUT2D eigenvalue weighted by Gasteiger charge is 2.24. The van der Waals surface area contributed by atoms with Crippen molar-refractivity contribution in [1.82, 2.24) is 4.90 Å². The van der Waals surface area contributed by atoms with Gasteiger partial charge in [0.25, 0.3) is 5.91 Å². The molecule has 1 atom stereocenters. The van der Waals surface area contributed by atoms with Crippen molar-refractivity contribution in [1.29, 1.82) is 5.26 Å². The van der Waals surface area contributed by atoms with Crippen molar-refractivity contribution in [3.63, 3.8) is 0 Å². The van der Waals surface area contributed by atoms with Gasteiger partial charge in [-0.3, -0.25) is 4.79 Å². The summed E-state index contributed by atoms with van der Waals surface area (Å²) in [7, 11) is 0. The molecule has 1 aromatic carbocycles. The van der Waals surface area contributed by atoms with Crippen molar-refractivity contribution in [2.45, 2.75) is 12.8 Å². The van der Waals surface area contributed by atoms with Crippen LogP contribution in [0.15, 0.2) is 24.3 Å². The van der Waals surface area contributed by atoms with Gasteiger partial charge in [0, 0.05) is 22.2 Å². The second-order valence-corrected chi connectivity index (χ2v) is 5.48. The Kier molecular flexibility index (Phi) is 4.00. The summed E-state index contributed by atoms with van der Waals surface area (Å²) < 4.78 is 1.06. The summed E-state index contributed by atoms with van der Waals surface area (Å²) in [5.41, 5.74) is 0.718. The van der Waals surface area contributed by atoms with Crippen LogP contribution in [0.4, 0.5) is 0 Å². The Balaban J connectivity index is 2.12. The van der Waals surface area contributed by atoms with Crippen molar-refractivity contribution in [3.8, 4) is 6.07 Å². The van der Waals surface area contributed by atoms with E-state index in [9.17, 15) is 4.79 Å². The van der Waals surface area contributed by atoms with E-state index >= 15 is 0 Å². The Hall–Kier alpha value is -1.09. The zero-order chi connectivity index (χ0) is 12.3. The summed E-state index contributed by atoms with van der Waals surface area (Å²) in [4.78, 5) is 14.0. The van der Waals surface area contributed by atoms with Crippen LogP contribution >= 0.6 is 22.6 Å². The lowest BCUT2D eigenvalue weighted by molar-refractivity contribution is 0.0698. The number of benzene rings is 1. The number of carbonyl (C=O) groups is 1. The lowest BCUT2D eigenvalue weighted by Crippen LogP contribution is -2.39. The monoisotopic (exact) mass is 340 g/mol. The van der Waals surface area contributed by atoms with Gasteiger partial charge in [-0.05, 0) is 53.6 Å². The third-order valence-corrected chi connectivity index (χ3v) is 3.63. The van der Waals surface area contributed by atoms with Crippen LogP contribution in [0.25, 0.3) is 0 Å². The van der Waals surface area contributed by atoms with E-state index in [1.807, 2.05) is 24.3 Å². The van der Waals surface area contributed by atoms with E-state index < -0.39 is 0 Å². The molecule has 1 unspecified atom stereocenters. The molecule has 1 fully saturated rings. The maximum Gasteiger partial charge on any atom is 0.253 e. The second-order valence-electron chi connectivity index (χ2n) is 4.23. The van der Waals surface area contributed by atoms with E-state index in [-0.39, 0.29) is 11.8 Å². The number of likely N-dealkylation sites (tertiary alicyclic amines) is 1. The predicted molar refractivity (Wildman–Crippen MR) is 73.4 cm³/mol. The predicted octanol–water partition coefficient (Wildman–Crippen LogP) is 2.67. The van der Waals surface area contributed by atoms with Crippen LogP contribution in [0.1, 0.15) is 23.2 Å². The third kappa shape index (κ3) is 2.97. The number of amides is 1. The number of hydrogen-bond donors (Lipinski definition) is 0. The number of piperidine rings is 1. The fraction of sp³-hybridized carbons (Fsp3) is 0.385. The maximum atomic E-state index is 12.2. The molecule has 17 heavy (non-hydrogen) atoms. The molecule has 0 spiro atoms. The van der Waals surface area contributed by atoms with Crippen molar-refractivity contribution in [2.24, 2.45) is 5.92 Å². The number of halogens is 1. The molecule has 1 saturated heterocycles. The topological polar surface area (TPSA) is 44.1 Å². The molecule has 1 amide bonds. The average Bonchev–Trinajstić information content (AvgIpc) is 2.38. The minimum Gasteiger partial charge on any atom is -0.337 e. The molecule has 3 nitrogen and oxygen atoms in total. The van der Waals surface area contributed by atoms with Gasteiger partial charge in [0.05, 0.1) is 12.0 Å². The fourth-order valence-corrected chi connectivity index (χ4v) is 2.61. The highest BCUT2D eigenvalue weighted by Crippen LogP contribution is 2.18. The van der Waals surface area contributed by atoms with Crippen LogP contribution in [0.2, 0.25) is 0 Å². The summed E-state index contributed by atoms with van der Waals surface area (Å²) in [6.07, 6.45) is 1.83. The van der Waals surface area contributed by atoms with Gasteiger partial charge >= 0.3 is 0 Å². The van der Waals surface area contributed by atoms with Gasteiger partial charge in [-0.2, -0.15) is 5.26 Å². The summed E-state index contributed by atoms with van der Waals surface area (Å²) in [5.74, 6) is 0.0407. The van der Waals surface area contributed by atoms with Crippen LogP contribution in [0.5, 0.6) is 0 Å². The molecule has 1 aliphatic heterocycles. The molecular formula is C13H13IN2O. The number of rotatable bonds is 1. The molecule has 0 N–H and O–H groups in total. The Labute approximate surface area is 115 Å². The smallest absolute Gasteiger partial charge is 0.253 e. The molecule has 88 valence electrons. The number of nitriles is 1. The van der Waals surface area contributed by atoms with Gasteiger partial charge in [-0.25, -0.2) is 0 Å². The minimum absolute atomic E-state index is 0.00418. The molecule has 4 heteroatoms. The molecule has 1 aliphatic rings. The van der Waals surface area contributed by atoms with Crippen molar-refractivity contribution >= 4 is 28.5 Å². The molecule has 0 aliphatic carbocycles. The Morgan fingerprint density at radius 2 is 2.35 bits per heavy atom. The molecule has 0 saturated carbocycles. The lowest BCUT2D eigenvalue weighted by atomic mass is 9.99. The number of nitrogens with zero attached hydrogens (tertiary/aromatic N) is 2. The average molecular weight is 340 g/mol. The van der Waals surface area contributed by atoms with E-state index in [4.69, 9.17) is 5.26 Å². The lowest BCUT2D eigenvalue weighted by Gasteiger charge is -2.29. The van der Waals surface area contributed by atoms with E-state index in [0.29, 0.717) is 6.54 Å². The number of carbonyl (C=O) groups excluding carboxylic acids is 1. The zero-order valence-corrected chi connectivity index (χ0v) is 11.6. The van der Waals surface area contributed by atoms with Crippen LogP contribution in [0.3, 0.4) is 0 Å². The first kappa shape index (κ1) is 12.4. The summed E-state index contributed by atoms with van der Waals surface area (Å²) in [5, 5.41) is 8.92. The van der Waals surface area contributed by atoms with Gasteiger partial charge in [0.2, 0.25) is 0 Å². The van der Waals surface area contributed by atoms with Gasteiger partial charge in [0.1, 0.15) is 0 Å². The van der Waals surface area contributed by atoms with E-state index in [2.05, 4.69) is 28.7 Å². The summed E-state index contributed by atoms with van der Waals surface area (Å²) in [6, 6.07) is 9.83. The molecule has 2 rings (SSSR count). The van der Waals surface area contributed by atoms with E-state index in [1.165, 1.54) is 0 Å². The maximum absolute atomic E-state index is 12.2. The highest BCUT2D eigenvalue weighted by atomic mass is 127. The Morgan fingerprint density at radius 1 is 1.53 bits per heavy atom. The fourth-order valence-electron chi connectivity index (χ4n) is 2.07. The quantitative estimate of drug-likeness (QED) is 0.738. The first-order valence-electron chi connectivity index (χ1n) is 5.65. The van der Waals surface area contributed by atoms with E-state index in [0.717, 1.165) is 28.5 Å². The zero-order valence-electron chi connectivity index (χ0n) is 9.40. The van der Waals surface area contributed by atoms with Crippen LogP contribution in [0, 0.1) is 20.8 Å². The Morgan fingerprint density at radius 3 is 3.06 bits per heavy atom. The third-order valence-electron chi connectivity index (χ3n) is 2.96.